The summed E-state index contributed by atoms with van der Waals surface area (Å²) in [6.07, 6.45) is 0.829. The third-order valence-corrected chi connectivity index (χ3v) is 6.94. The second-order valence-electron chi connectivity index (χ2n) is 5.68. The van der Waals surface area contributed by atoms with Crippen molar-refractivity contribution in [2.45, 2.75) is 46.7 Å². The Kier molecular flexibility index (Phi) is 7.70. The second kappa shape index (κ2) is 9.76. The molecule has 1 aromatic carbocycles. The van der Waals surface area contributed by atoms with Gasteiger partial charge in [-0.3, -0.25) is 0 Å². The first kappa shape index (κ1) is 19.7. The molecule has 7 nitrogen and oxygen atoms in total. The van der Waals surface area contributed by atoms with Crippen LogP contribution < -0.4 is 0 Å². The number of rotatable bonds is 11. The maximum atomic E-state index is 5.89. The van der Waals surface area contributed by atoms with E-state index in [0.29, 0.717) is 26.4 Å². The predicted molar refractivity (Wildman–Crippen MR) is 98.0 cm³/mol. The van der Waals surface area contributed by atoms with E-state index in [4.69, 9.17) is 13.3 Å². The lowest BCUT2D eigenvalue weighted by atomic mass is 10.1. The van der Waals surface area contributed by atoms with Crippen molar-refractivity contribution in [2.24, 2.45) is 0 Å². The van der Waals surface area contributed by atoms with Crippen molar-refractivity contribution in [3.63, 3.8) is 0 Å². The van der Waals surface area contributed by atoms with Crippen molar-refractivity contribution >= 4 is 8.80 Å². The van der Waals surface area contributed by atoms with Gasteiger partial charge in [0.25, 0.3) is 0 Å². The van der Waals surface area contributed by atoms with Crippen molar-refractivity contribution in [1.82, 2.24) is 20.2 Å². The van der Waals surface area contributed by atoms with Crippen LogP contribution in [0.25, 0.3) is 11.4 Å². The minimum absolute atomic E-state index is 0.589. The van der Waals surface area contributed by atoms with Gasteiger partial charge in [-0.15, -0.1) is 5.10 Å². The summed E-state index contributed by atoms with van der Waals surface area (Å²) in [5, 5.41) is 12.1. The molecule has 0 unspecified atom stereocenters. The third-order valence-electron chi connectivity index (χ3n) is 3.79. The molecule has 1 aromatic heterocycles. The average Bonchev–Trinajstić information content (AvgIpc) is 3.05. The zero-order chi connectivity index (χ0) is 18.1. The van der Waals surface area contributed by atoms with Crippen molar-refractivity contribution < 1.29 is 13.3 Å². The standard InChI is InChI=1S/C17H28N4O3Si/c1-5-22-25(23-6-2,24-7-3)14-8-13-21-17(18-19-20-21)16-11-9-15(4)10-12-16/h9-12H,5-8,13-14H2,1-4H3. The summed E-state index contributed by atoms with van der Waals surface area (Å²) in [6.45, 7) is 10.4. The molecule has 0 aliphatic carbocycles. The molecule has 0 aliphatic rings. The molecule has 0 atom stereocenters. The van der Waals surface area contributed by atoms with Gasteiger partial charge in [-0.05, 0) is 44.5 Å². The van der Waals surface area contributed by atoms with Gasteiger partial charge in [0.15, 0.2) is 5.82 Å². The van der Waals surface area contributed by atoms with Gasteiger partial charge in [-0.2, -0.15) is 0 Å². The van der Waals surface area contributed by atoms with Crippen LogP contribution in [0.5, 0.6) is 0 Å². The van der Waals surface area contributed by atoms with Gasteiger partial charge in [0.1, 0.15) is 0 Å². The van der Waals surface area contributed by atoms with E-state index >= 15 is 0 Å². The Balaban J connectivity index is 2.03. The summed E-state index contributed by atoms with van der Waals surface area (Å²) in [5.74, 6) is 0.775. The van der Waals surface area contributed by atoms with Crippen LogP contribution in [0.1, 0.15) is 32.8 Å². The summed E-state index contributed by atoms with van der Waals surface area (Å²) >= 11 is 0. The third kappa shape index (κ3) is 5.43. The number of tetrazole rings is 1. The molecule has 25 heavy (non-hydrogen) atoms. The summed E-state index contributed by atoms with van der Waals surface area (Å²) in [5.41, 5.74) is 2.22. The van der Waals surface area contributed by atoms with Crippen LogP contribution in [0.15, 0.2) is 24.3 Å². The Bertz CT molecular complexity index is 616. The first-order valence-corrected chi connectivity index (χ1v) is 10.8. The Morgan fingerprint density at radius 1 is 0.960 bits per heavy atom. The van der Waals surface area contributed by atoms with E-state index in [-0.39, 0.29) is 0 Å². The molecule has 0 amide bonds. The maximum absolute atomic E-state index is 5.89. The fourth-order valence-electron chi connectivity index (χ4n) is 2.71. The van der Waals surface area contributed by atoms with Crippen LogP contribution in [-0.2, 0) is 19.8 Å². The van der Waals surface area contributed by atoms with Crippen LogP contribution >= 0.6 is 0 Å². The number of aryl methyl sites for hydroxylation is 2. The highest BCUT2D eigenvalue weighted by molar-refractivity contribution is 6.60. The van der Waals surface area contributed by atoms with Gasteiger partial charge in [-0.1, -0.05) is 29.8 Å². The second-order valence-corrected chi connectivity index (χ2v) is 8.41. The zero-order valence-corrected chi connectivity index (χ0v) is 16.6. The van der Waals surface area contributed by atoms with E-state index in [0.717, 1.165) is 23.9 Å². The molecule has 0 radical (unpaired) electrons. The molecule has 0 fully saturated rings. The summed E-state index contributed by atoms with van der Waals surface area (Å²) in [7, 11) is -2.62. The van der Waals surface area contributed by atoms with E-state index in [1.54, 1.807) is 0 Å². The SMILES string of the molecule is CCO[Si](CCCn1nnnc1-c1ccc(C)cc1)(OCC)OCC. The van der Waals surface area contributed by atoms with Crippen molar-refractivity contribution in [2.75, 3.05) is 19.8 Å². The van der Waals surface area contributed by atoms with Gasteiger partial charge in [0, 0.05) is 38.0 Å². The van der Waals surface area contributed by atoms with Crippen LogP contribution in [0, 0.1) is 6.92 Å². The monoisotopic (exact) mass is 364 g/mol. The van der Waals surface area contributed by atoms with Gasteiger partial charge >= 0.3 is 8.80 Å². The van der Waals surface area contributed by atoms with Gasteiger partial charge in [-0.25, -0.2) is 4.68 Å². The molecule has 138 valence electrons. The smallest absolute Gasteiger partial charge is 0.374 e. The van der Waals surface area contributed by atoms with E-state index in [9.17, 15) is 0 Å². The predicted octanol–water partition coefficient (Wildman–Crippen LogP) is 3.09. The summed E-state index contributed by atoms with van der Waals surface area (Å²) in [4.78, 5) is 0. The van der Waals surface area contributed by atoms with Gasteiger partial charge < -0.3 is 13.3 Å². The molecular weight excluding hydrogens is 336 g/mol. The lowest BCUT2D eigenvalue weighted by Gasteiger charge is -2.28. The van der Waals surface area contributed by atoms with Gasteiger partial charge in [0.05, 0.1) is 0 Å². The summed E-state index contributed by atoms with van der Waals surface area (Å²) < 4.78 is 19.5. The largest absolute Gasteiger partial charge is 0.500 e. The number of aromatic nitrogens is 4. The fraction of sp³-hybridized carbons (Fsp3) is 0.588. The van der Waals surface area contributed by atoms with Gasteiger partial charge in [0.2, 0.25) is 0 Å². The van der Waals surface area contributed by atoms with Crippen molar-refractivity contribution in [3.8, 4) is 11.4 Å². The van der Waals surface area contributed by atoms with Crippen molar-refractivity contribution in [3.05, 3.63) is 29.8 Å². The Labute approximate surface area is 150 Å². The normalized spacial score (nSPS) is 11.8. The molecule has 0 N–H and O–H groups in total. The Morgan fingerprint density at radius 2 is 1.56 bits per heavy atom. The molecule has 0 saturated carbocycles. The van der Waals surface area contributed by atoms with Crippen LogP contribution in [-0.4, -0.2) is 48.8 Å². The van der Waals surface area contributed by atoms with Crippen molar-refractivity contribution in [1.29, 1.82) is 0 Å². The molecule has 0 bridgehead atoms. The molecular formula is C17H28N4O3Si. The topological polar surface area (TPSA) is 71.3 Å². The minimum atomic E-state index is -2.62. The van der Waals surface area contributed by atoms with E-state index in [1.165, 1.54) is 5.56 Å². The molecule has 2 rings (SSSR count). The van der Waals surface area contributed by atoms with E-state index in [1.807, 2.05) is 37.6 Å². The zero-order valence-electron chi connectivity index (χ0n) is 15.6. The first-order valence-electron chi connectivity index (χ1n) is 8.89. The van der Waals surface area contributed by atoms with Crippen LogP contribution in [0.3, 0.4) is 0 Å². The molecule has 8 heteroatoms. The molecule has 2 aromatic rings. The van der Waals surface area contributed by atoms with Crippen LogP contribution in [0.4, 0.5) is 0 Å². The Morgan fingerprint density at radius 3 is 2.12 bits per heavy atom. The number of benzene rings is 1. The van der Waals surface area contributed by atoms with E-state index in [2.05, 4.69) is 34.6 Å². The number of nitrogens with zero attached hydrogens (tertiary/aromatic N) is 4. The van der Waals surface area contributed by atoms with E-state index < -0.39 is 8.80 Å². The highest BCUT2D eigenvalue weighted by Gasteiger charge is 2.39. The number of hydrogen-bond acceptors (Lipinski definition) is 6. The highest BCUT2D eigenvalue weighted by Crippen LogP contribution is 2.21. The highest BCUT2D eigenvalue weighted by atomic mass is 28.4. The molecule has 0 saturated heterocycles. The maximum Gasteiger partial charge on any atom is 0.500 e. The molecule has 1 heterocycles. The number of hydrogen-bond donors (Lipinski definition) is 0. The molecule has 0 aliphatic heterocycles. The minimum Gasteiger partial charge on any atom is -0.374 e. The Hall–Kier alpha value is -1.61. The van der Waals surface area contributed by atoms with Crippen LogP contribution in [0.2, 0.25) is 6.04 Å². The average molecular weight is 365 g/mol. The quantitative estimate of drug-likeness (QED) is 0.571. The lowest BCUT2D eigenvalue weighted by Crippen LogP contribution is -2.46. The molecule has 0 spiro atoms. The summed E-state index contributed by atoms with van der Waals surface area (Å²) in [6, 6.07) is 8.95. The lowest BCUT2D eigenvalue weighted by molar-refractivity contribution is 0.0704. The fourth-order valence-corrected chi connectivity index (χ4v) is 5.30. The first-order chi connectivity index (χ1) is 12.1.